The van der Waals surface area contributed by atoms with Gasteiger partial charge in [-0.05, 0) is 24.3 Å². The molecule has 1 aliphatic heterocycles. The third kappa shape index (κ3) is 4.15. The number of thiophene rings is 1. The molecule has 1 aliphatic rings. The van der Waals surface area contributed by atoms with Crippen molar-refractivity contribution in [3.8, 4) is 0 Å². The summed E-state index contributed by atoms with van der Waals surface area (Å²) in [7, 11) is 0. The van der Waals surface area contributed by atoms with Gasteiger partial charge in [0, 0.05) is 24.9 Å². The third-order valence-electron chi connectivity index (χ3n) is 4.56. The van der Waals surface area contributed by atoms with Crippen molar-refractivity contribution in [1.29, 1.82) is 0 Å². The van der Waals surface area contributed by atoms with Crippen LogP contribution in [0.15, 0.2) is 28.9 Å². The van der Waals surface area contributed by atoms with Crippen LogP contribution in [0.4, 0.5) is 5.82 Å². The van der Waals surface area contributed by atoms with Gasteiger partial charge in [0.25, 0.3) is 5.91 Å². The Kier molecular flexibility index (Phi) is 5.82. The van der Waals surface area contributed by atoms with Crippen molar-refractivity contribution in [2.24, 2.45) is 0 Å². The molecular formula is C19H24N6OS2. The van der Waals surface area contributed by atoms with Crippen molar-refractivity contribution in [3.05, 3.63) is 28.6 Å². The van der Waals surface area contributed by atoms with E-state index >= 15 is 0 Å². The Morgan fingerprint density at radius 2 is 2.14 bits per heavy atom. The third-order valence-corrected chi connectivity index (χ3v) is 6.29. The molecule has 1 amide bonds. The van der Waals surface area contributed by atoms with Crippen LogP contribution in [0.3, 0.4) is 0 Å². The second-order valence-corrected chi connectivity index (χ2v) is 9.52. The van der Waals surface area contributed by atoms with Crippen molar-refractivity contribution in [2.75, 3.05) is 24.5 Å². The second kappa shape index (κ2) is 8.48. The summed E-state index contributed by atoms with van der Waals surface area (Å²) in [6.07, 6.45) is 4.25. The number of aromatic nitrogens is 4. The number of amides is 1. The summed E-state index contributed by atoms with van der Waals surface area (Å²) in [5.74, 6) is 0.939. The van der Waals surface area contributed by atoms with Gasteiger partial charge in [0.15, 0.2) is 10.8 Å². The van der Waals surface area contributed by atoms with Gasteiger partial charge < -0.3 is 10.2 Å². The van der Waals surface area contributed by atoms with Crippen LogP contribution in [0, 0.1) is 0 Å². The fourth-order valence-electron chi connectivity index (χ4n) is 3.29. The highest BCUT2D eigenvalue weighted by Gasteiger charge is 2.21. The fraction of sp³-hybridized carbons (Fsp3) is 0.474. The molecule has 1 N–H and O–H groups in total. The lowest BCUT2D eigenvalue weighted by atomic mass is 10.3. The topological polar surface area (TPSA) is 75.9 Å². The van der Waals surface area contributed by atoms with Crippen molar-refractivity contribution in [3.63, 3.8) is 0 Å². The van der Waals surface area contributed by atoms with E-state index in [9.17, 15) is 4.79 Å². The number of anilines is 1. The number of thioether (sulfide) groups is 1. The number of hydrogen-bond acceptors (Lipinski definition) is 7. The largest absolute Gasteiger partial charge is 0.356 e. The molecule has 0 saturated carbocycles. The Labute approximate surface area is 172 Å². The van der Waals surface area contributed by atoms with Crippen LogP contribution in [0.2, 0.25) is 0 Å². The van der Waals surface area contributed by atoms with Gasteiger partial charge in [0.1, 0.15) is 5.82 Å². The summed E-state index contributed by atoms with van der Waals surface area (Å²) < 4.78 is 1.87. The van der Waals surface area contributed by atoms with Gasteiger partial charge >= 0.3 is 0 Å². The highest BCUT2D eigenvalue weighted by molar-refractivity contribution is 7.99. The van der Waals surface area contributed by atoms with Crippen LogP contribution < -0.4 is 10.2 Å². The van der Waals surface area contributed by atoms with Crippen molar-refractivity contribution in [1.82, 2.24) is 25.1 Å². The van der Waals surface area contributed by atoms with Gasteiger partial charge in [-0.3, -0.25) is 4.79 Å². The first-order chi connectivity index (χ1) is 13.6. The van der Waals surface area contributed by atoms with E-state index in [1.807, 2.05) is 28.4 Å². The smallest absolute Gasteiger partial charge is 0.261 e. The van der Waals surface area contributed by atoms with Crippen molar-refractivity contribution >= 4 is 45.9 Å². The van der Waals surface area contributed by atoms with Crippen molar-refractivity contribution in [2.45, 2.75) is 43.6 Å². The molecule has 0 radical (unpaired) electrons. The summed E-state index contributed by atoms with van der Waals surface area (Å²) in [5, 5.41) is 11.6. The number of fused-ring (bicyclic) bond motifs is 1. The van der Waals surface area contributed by atoms with Gasteiger partial charge in [-0.1, -0.05) is 31.7 Å². The molecule has 28 heavy (non-hydrogen) atoms. The number of rotatable bonds is 7. The van der Waals surface area contributed by atoms with Crippen LogP contribution in [0.25, 0.3) is 11.0 Å². The molecule has 0 atom stereocenters. The predicted octanol–water partition coefficient (Wildman–Crippen LogP) is 3.42. The van der Waals surface area contributed by atoms with Gasteiger partial charge in [-0.2, -0.15) is 5.10 Å². The lowest BCUT2D eigenvalue weighted by Crippen LogP contribution is -2.27. The van der Waals surface area contributed by atoms with E-state index in [1.54, 1.807) is 11.8 Å². The summed E-state index contributed by atoms with van der Waals surface area (Å²) in [6, 6.07) is 3.71. The van der Waals surface area contributed by atoms with E-state index in [4.69, 9.17) is 9.97 Å². The Balaban J connectivity index is 1.56. The molecule has 148 valence electrons. The van der Waals surface area contributed by atoms with Crippen molar-refractivity contribution < 1.29 is 4.79 Å². The molecule has 0 spiro atoms. The number of carbonyl (C=O) groups is 1. The summed E-state index contributed by atoms with van der Waals surface area (Å²) in [4.78, 5) is 24.8. The number of nitrogens with one attached hydrogen (secondary N) is 1. The average Bonchev–Trinajstić information content (AvgIpc) is 3.42. The van der Waals surface area contributed by atoms with Crippen LogP contribution >= 0.6 is 23.1 Å². The zero-order valence-electron chi connectivity index (χ0n) is 16.1. The van der Waals surface area contributed by atoms with E-state index in [0.29, 0.717) is 18.3 Å². The first-order valence-electron chi connectivity index (χ1n) is 9.58. The van der Waals surface area contributed by atoms with Gasteiger partial charge in [0.05, 0.1) is 23.0 Å². The van der Waals surface area contributed by atoms with Crippen LogP contribution in [-0.2, 0) is 6.54 Å². The molecule has 0 aromatic carbocycles. The molecule has 1 saturated heterocycles. The summed E-state index contributed by atoms with van der Waals surface area (Å²) in [6.45, 7) is 7.42. The van der Waals surface area contributed by atoms with Crippen LogP contribution in [-0.4, -0.2) is 50.5 Å². The van der Waals surface area contributed by atoms with Gasteiger partial charge in [-0.15, -0.1) is 11.3 Å². The lowest BCUT2D eigenvalue weighted by molar-refractivity contribution is 0.0956. The minimum Gasteiger partial charge on any atom is -0.356 e. The molecule has 9 heteroatoms. The first-order valence-corrected chi connectivity index (χ1v) is 11.3. The zero-order valence-corrected chi connectivity index (χ0v) is 17.7. The molecular weight excluding hydrogens is 392 g/mol. The van der Waals surface area contributed by atoms with E-state index < -0.39 is 0 Å². The zero-order chi connectivity index (χ0) is 19.5. The monoisotopic (exact) mass is 416 g/mol. The quantitative estimate of drug-likeness (QED) is 0.470. The Morgan fingerprint density at radius 3 is 2.86 bits per heavy atom. The molecule has 4 rings (SSSR count). The van der Waals surface area contributed by atoms with Crippen LogP contribution in [0.1, 0.15) is 36.4 Å². The molecule has 0 aliphatic carbocycles. The van der Waals surface area contributed by atoms with E-state index in [2.05, 4.69) is 29.2 Å². The van der Waals surface area contributed by atoms with E-state index in [0.717, 1.165) is 40.0 Å². The summed E-state index contributed by atoms with van der Waals surface area (Å²) in [5.41, 5.74) is 0.838. The second-order valence-electron chi connectivity index (χ2n) is 7.03. The molecule has 3 aromatic heterocycles. The summed E-state index contributed by atoms with van der Waals surface area (Å²) >= 11 is 3.11. The maximum atomic E-state index is 12.1. The van der Waals surface area contributed by atoms with Gasteiger partial charge in [0.2, 0.25) is 0 Å². The van der Waals surface area contributed by atoms with Crippen LogP contribution in [0.5, 0.6) is 0 Å². The SMILES string of the molecule is CC(C)Sc1nc(N2CCCC2)c2cnn(CCNC(=O)c3cccs3)c2n1. The Bertz CT molecular complexity index is 947. The Hall–Kier alpha value is -2.13. The predicted molar refractivity (Wildman–Crippen MR) is 114 cm³/mol. The molecule has 3 aromatic rings. The highest BCUT2D eigenvalue weighted by atomic mass is 32.2. The minimum absolute atomic E-state index is 0.0464. The molecule has 7 nitrogen and oxygen atoms in total. The van der Waals surface area contributed by atoms with Gasteiger partial charge in [-0.25, -0.2) is 14.6 Å². The maximum absolute atomic E-state index is 12.1. The molecule has 0 bridgehead atoms. The number of hydrogen-bond donors (Lipinski definition) is 1. The maximum Gasteiger partial charge on any atom is 0.261 e. The highest BCUT2D eigenvalue weighted by Crippen LogP contribution is 2.30. The average molecular weight is 417 g/mol. The van der Waals surface area contributed by atoms with E-state index in [-0.39, 0.29) is 5.91 Å². The fourth-order valence-corrected chi connectivity index (χ4v) is 4.63. The number of nitrogens with zero attached hydrogens (tertiary/aromatic N) is 5. The normalized spacial score (nSPS) is 14.3. The molecule has 0 unspecified atom stereocenters. The molecule has 4 heterocycles. The standard InChI is InChI=1S/C19H24N6OS2/c1-13(2)28-19-22-16(24-8-3-4-9-24)14-12-21-25(17(14)23-19)10-7-20-18(26)15-6-5-11-27-15/h5-6,11-13H,3-4,7-10H2,1-2H3,(H,20,26). The lowest BCUT2D eigenvalue weighted by Gasteiger charge is -2.18. The van der Waals surface area contributed by atoms with E-state index in [1.165, 1.54) is 24.2 Å². The molecule has 1 fully saturated rings. The first kappa shape index (κ1) is 19.2. The Morgan fingerprint density at radius 1 is 1.32 bits per heavy atom. The minimum atomic E-state index is -0.0464. The number of carbonyl (C=O) groups excluding carboxylic acids is 1.